The Morgan fingerprint density at radius 1 is 1.50 bits per heavy atom. The van der Waals surface area contributed by atoms with Crippen LogP contribution in [0.15, 0.2) is 4.42 Å². The van der Waals surface area contributed by atoms with Gasteiger partial charge in [0.05, 0.1) is 5.75 Å². The van der Waals surface area contributed by atoms with Crippen molar-refractivity contribution in [3.63, 3.8) is 0 Å². The number of amides is 1. The van der Waals surface area contributed by atoms with Crippen LogP contribution < -0.4 is 5.32 Å². The zero-order chi connectivity index (χ0) is 15.3. The molecule has 0 saturated heterocycles. The quantitative estimate of drug-likeness (QED) is 0.834. The van der Waals surface area contributed by atoms with Crippen LogP contribution in [0.2, 0.25) is 0 Å². The summed E-state index contributed by atoms with van der Waals surface area (Å²) in [4.78, 5) is 22.6. The van der Waals surface area contributed by atoms with Crippen molar-refractivity contribution in [3.05, 3.63) is 16.9 Å². The van der Waals surface area contributed by atoms with E-state index in [0.717, 1.165) is 11.8 Å². The van der Waals surface area contributed by atoms with Crippen molar-refractivity contribution in [2.24, 2.45) is 0 Å². The number of aliphatic carboxylic acids is 1. The molecule has 1 aromatic rings. The molecule has 2 N–H and O–H groups in total. The van der Waals surface area contributed by atoms with Crippen molar-refractivity contribution < 1.29 is 19.1 Å². The summed E-state index contributed by atoms with van der Waals surface area (Å²) in [5.41, 5.74) is 0.985. The van der Waals surface area contributed by atoms with E-state index in [9.17, 15) is 9.59 Å². The fourth-order valence-electron chi connectivity index (χ4n) is 1.55. The first-order valence-electron chi connectivity index (χ1n) is 6.05. The van der Waals surface area contributed by atoms with E-state index in [4.69, 9.17) is 14.8 Å². The van der Waals surface area contributed by atoms with E-state index < -0.39 is 11.2 Å². The summed E-state index contributed by atoms with van der Waals surface area (Å²) < 4.78 is 5.31. The Kier molecular flexibility index (Phi) is 5.65. The lowest BCUT2D eigenvalue weighted by molar-refractivity contribution is -0.136. The molecular weight excluding hydrogens is 280 g/mol. The van der Waals surface area contributed by atoms with Gasteiger partial charge in [0.1, 0.15) is 22.6 Å². The number of aryl methyl sites for hydroxylation is 1. The van der Waals surface area contributed by atoms with Crippen LogP contribution in [-0.4, -0.2) is 28.0 Å². The number of carbonyl (C=O) groups is 2. The molecule has 0 bridgehead atoms. The predicted molar refractivity (Wildman–Crippen MR) is 75.7 cm³/mol. The number of nitrogens with one attached hydrogen (secondary N) is 1. The lowest BCUT2D eigenvalue weighted by Crippen LogP contribution is -2.21. The van der Waals surface area contributed by atoms with Gasteiger partial charge in [0, 0.05) is 5.56 Å². The van der Waals surface area contributed by atoms with Gasteiger partial charge in [0.15, 0.2) is 0 Å². The first-order valence-corrected chi connectivity index (χ1v) is 7.09. The van der Waals surface area contributed by atoms with E-state index in [1.165, 1.54) is 0 Å². The van der Waals surface area contributed by atoms with Gasteiger partial charge in [0.25, 0.3) is 0 Å². The van der Waals surface area contributed by atoms with Crippen LogP contribution in [0.4, 0.5) is 5.88 Å². The van der Waals surface area contributed by atoms with Crippen molar-refractivity contribution in [1.82, 2.24) is 0 Å². The van der Waals surface area contributed by atoms with E-state index in [0.29, 0.717) is 23.3 Å². The smallest absolute Gasteiger partial charge is 0.316 e. The van der Waals surface area contributed by atoms with E-state index in [2.05, 4.69) is 5.32 Å². The molecule has 1 aromatic heterocycles. The van der Waals surface area contributed by atoms with Gasteiger partial charge in [-0.3, -0.25) is 14.9 Å². The number of furan rings is 1. The third-order valence-electron chi connectivity index (χ3n) is 2.81. The van der Waals surface area contributed by atoms with Gasteiger partial charge in [-0.25, -0.2) is 0 Å². The maximum Gasteiger partial charge on any atom is 0.316 e. The minimum Gasteiger partial charge on any atom is -0.480 e. The Bertz CT molecular complexity index is 559. The molecule has 0 aliphatic rings. The van der Waals surface area contributed by atoms with Gasteiger partial charge in [-0.05, 0) is 20.3 Å². The molecule has 108 valence electrons. The van der Waals surface area contributed by atoms with Crippen molar-refractivity contribution in [3.8, 4) is 6.07 Å². The largest absolute Gasteiger partial charge is 0.480 e. The van der Waals surface area contributed by atoms with Crippen molar-refractivity contribution in [2.45, 2.75) is 32.4 Å². The first kappa shape index (κ1) is 16.1. The number of hydrogen-bond acceptors (Lipinski definition) is 5. The summed E-state index contributed by atoms with van der Waals surface area (Å²) >= 11 is 1.05. The number of carboxylic acid groups (broad SMARTS) is 1. The van der Waals surface area contributed by atoms with E-state index in [1.54, 1.807) is 20.8 Å². The summed E-state index contributed by atoms with van der Waals surface area (Å²) in [5.74, 6) is -0.639. The number of thioether (sulfide) groups is 1. The lowest BCUT2D eigenvalue weighted by atomic mass is 10.2. The topological polar surface area (TPSA) is 103 Å². The molecule has 0 spiro atoms. The summed E-state index contributed by atoms with van der Waals surface area (Å²) in [5, 5.41) is 19.8. The number of anilines is 1. The third kappa shape index (κ3) is 3.78. The highest BCUT2D eigenvalue weighted by Crippen LogP contribution is 2.25. The summed E-state index contributed by atoms with van der Waals surface area (Å²) in [6, 6.07) is 1.97. The van der Waals surface area contributed by atoms with Gasteiger partial charge in [-0.15, -0.1) is 11.8 Å². The molecule has 20 heavy (non-hydrogen) atoms. The highest BCUT2D eigenvalue weighted by molar-refractivity contribution is 8.01. The maximum atomic E-state index is 11.7. The van der Waals surface area contributed by atoms with Crippen LogP contribution >= 0.6 is 11.8 Å². The molecule has 0 aliphatic heterocycles. The van der Waals surface area contributed by atoms with E-state index in [1.807, 2.05) is 6.07 Å². The molecule has 6 nitrogen and oxygen atoms in total. The molecule has 0 fully saturated rings. The second kappa shape index (κ2) is 7.01. The SMILES string of the molecule is CCC(SCC(=O)Nc1oc(C)c(C)c1C#N)C(=O)O. The van der Waals surface area contributed by atoms with Crippen LogP contribution in [0.5, 0.6) is 0 Å². The standard InChI is InChI=1S/C13H16N2O4S/c1-4-10(13(17)18)20-6-11(16)15-12-9(5-14)7(2)8(3)19-12/h10H,4,6H2,1-3H3,(H,15,16)(H,17,18). The van der Waals surface area contributed by atoms with Crippen LogP contribution in [0, 0.1) is 25.2 Å². The Morgan fingerprint density at radius 2 is 2.15 bits per heavy atom. The fourth-order valence-corrected chi connectivity index (χ4v) is 2.36. The molecule has 1 amide bonds. The Hall–Kier alpha value is -1.94. The first-order chi connectivity index (χ1) is 9.40. The van der Waals surface area contributed by atoms with Gasteiger partial charge in [0.2, 0.25) is 11.8 Å². The number of rotatable bonds is 6. The minimum atomic E-state index is -0.937. The molecule has 1 atom stereocenters. The highest BCUT2D eigenvalue weighted by atomic mass is 32.2. The molecule has 0 aromatic carbocycles. The van der Waals surface area contributed by atoms with E-state index >= 15 is 0 Å². The van der Waals surface area contributed by atoms with E-state index in [-0.39, 0.29) is 17.5 Å². The molecular formula is C13H16N2O4S. The molecule has 7 heteroatoms. The number of carboxylic acids is 1. The monoisotopic (exact) mass is 296 g/mol. The third-order valence-corrected chi connectivity index (χ3v) is 4.18. The van der Waals surface area contributed by atoms with Crippen LogP contribution in [0.3, 0.4) is 0 Å². The molecule has 0 saturated carbocycles. The number of nitriles is 1. The van der Waals surface area contributed by atoms with Gasteiger partial charge in [-0.1, -0.05) is 6.92 Å². The van der Waals surface area contributed by atoms with Gasteiger partial charge < -0.3 is 9.52 Å². The zero-order valence-corrected chi connectivity index (χ0v) is 12.3. The maximum absolute atomic E-state index is 11.7. The van der Waals surface area contributed by atoms with Crippen LogP contribution in [0.1, 0.15) is 30.2 Å². The second-order valence-electron chi connectivity index (χ2n) is 4.19. The molecule has 0 radical (unpaired) electrons. The zero-order valence-electron chi connectivity index (χ0n) is 11.5. The molecule has 1 rings (SSSR count). The van der Waals surface area contributed by atoms with Crippen molar-refractivity contribution >= 4 is 29.5 Å². The summed E-state index contributed by atoms with van der Waals surface area (Å²) in [6.45, 7) is 5.19. The molecule has 1 heterocycles. The fraction of sp³-hybridized carbons (Fsp3) is 0.462. The number of carbonyl (C=O) groups excluding carboxylic acids is 1. The number of hydrogen-bond donors (Lipinski definition) is 2. The lowest BCUT2D eigenvalue weighted by Gasteiger charge is -2.08. The average molecular weight is 296 g/mol. The Balaban J connectivity index is 2.66. The normalized spacial score (nSPS) is 11.7. The van der Waals surface area contributed by atoms with Crippen LogP contribution in [0.25, 0.3) is 0 Å². The number of nitrogens with zero attached hydrogens (tertiary/aromatic N) is 1. The Labute approximate surface area is 121 Å². The van der Waals surface area contributed by atoms with Gasteiger partial charge >= 0.3 is 5.97 Å². The van der Waals surface area contributed by atoms with Crippen LogP contribution in [-0.2, 0) is 9.59 Å². The average Bonchev–Trinajstić information content (AvgIpc) is 2.64. The summed E-state index contributed by atoms with van der Waals surface area (Å²) in [6.07, 6.45) is 0.440. The predicted octanol–water partition coefficient (Wildman–Crippen LogP) is 2.30. The van der Waals surface area contributed by atoms with Crippen molar-refractivity contribution in [2.75, 3.05) is 11.1 Å². The second-order valence-corrected chi connectivity index (χ2v) is 5.38. The highest BCUT2D eigenvalue weighted by Gasteiger charge is 2.20. The van der Waals surface area contributed by atoms with Gasteiger partial charge in [-0.2, -0.15) is 5.26 Å². The molecule has 1 unspecified atom stereocenters. The van der Waals surface area contributed by atoms with Crippen molar-refractivity contribution in [1.29, 1.82) is 5.26 Å². The summed E-state index contributed by atoms with van der Waals surface area (Å²) in [7, 11) is 0. The Morgan fingerprint density at radius 3 is 2.65 bits per heavy atom. The minimum absolute atomic E-state index is 0.00549. The molecule has 0 aliphatic carbocycles.